The number of para-hydroxylation sites is 1. The van der Waals surface area contributed by atoms with Crippen molar-refractivity contribution in [1.29, 1.82) is 0 Å². The number of nitrogens with one attached hydrogen (secondary N) is 2. The maximum absolute atomic E-state index is 13.0. The van der Waals surface area contributed by atoms with Gasteiger partial charge in [-0.25, -0.2) is 8.42 Å². The number of benzene rings is 2. The number of anilines is 2. The van der Waals surface area contributed by atoms with Crippen LogP contribution in [0.3, 0.4) is 0 Å². The van der Waals surface area contributed by atoms with E-state index in [1.54, 1.807) is 60.7 Å². The third-order valence-corrected chi connectivity index (χ3v) is 6.05. The van der Waals surface area contributed by atoms with Crippen LogP contribution in [-0.2, 0) is 21.4 Å². The SMILES string of the molecule is Cc1ccc(N([C@@H](C)C(=O)Nc2ccccc2C(=O)NCc2ccco2)S(C)(=O)=O)cc1. The van der Waals surface area contributed by atoms with Crippen molar-refractivity contribution in [2.75, 3.05) is 15.9 Å². The molecule has 9 heteroatoms. The Hall–Kier alpha value is -3.59. The number of hydrogen-bond donors (Lipinski definition) is 2. The van der Waals surface area contributed by atoms with Gasteiger partial charge >= 0.3 is 0 Å². The number of hydrogen-bond acceptors (Lipinski definition) is 5. The smallest absolute Gasteiger partial charge is 0.253 e. The van der Waals surface area contributed by atoms with Gasteiger partial charge in [0.15, 0.2) is 0 Å². The Morgan fingerprint density at radius 1 is 1.03 bits per heavy atom. The first kappa shape index (κ1) is 23.1. The summed E-state index contributed by atoms with van der Waals surface area (Å²) in [5.74, 6) is -0.374. The summed E-state index contributed by atoms with van der Waals surface area (Å²) < 4.78 is 31.2. The Balaban J connectivity index is 1.79. The molecule has 0 aliphatic rings. The van der Waals surface area contributed by atoms with E-state index in [1.807, 2.05) is 6.92 Å². The molecule has 0 unspecified atom stereocenters. The van der Waals surface area contributed by atoms with Crippen LogP contribution in [-0.4, -0.2) is 32.5 Å². The normalized spacial score (nSPS) is 12.1. The molecule has 2 N–H and O–H groups in total. The Kier molecular flexibility index (Phi) is 6.99. The van der Waals surface area contributed by atoms with Crippen molar-refractivity contribution < 1.29 is 22.4 Å². The molecule has 1 atom stereocenters. The van der Waals surface area contributed by atoms with Crippen LogP contribution < -0.4 is 14.9 Å². The van der Waals surface area contributed by atoms with Gasteiger partial charge in [0.2, 0.25) is 15.9 Å². The van der Waals surface area contributed by atoms with E-state index >= 15 is 0 Å². The summed E-state index contributed by atoms with van der Waals surface area (Å²) in [6.45, 7) is 3.58. The van der Waals surface area contributed by atoms with E-state index in [9.17, 15) is 18.0 Å². The lowest BCUT2D eigenvalue weighted by Gasteiger charge is -2.28. The van der Waals surface area contributed by atoms with Gasteiger partial charge in [0.25, 0.3) is 5.91 Å². The zero-order valence-corrected chi connectivity index (χ0v) is 18.8. The molecule has 2 aromatic carbocycles. The summed E-state index contributed by atoms with van der Waals surface area (Å²) in [5, 5.41) is 5.42. The van der Waals surface area contributed by atoms with Gasteiger partial charge in [-0.1, -0.05) is 29.8 Å². The summed E-state index contributed by atoms with van der Waals surface area (Å²) in [4.78, 5) is 25.6. The minimum absolute atomic E-state index is 0.194. The van der Waals surface area contributed by atoms with E-state index in [4.69, 9.17) is 4.42 Å². The molecule has 3 aromatic rings. The highest BCUT2D eigenvalue weighted by atomic mass is 32.2. The third-order valence-electron chi connectivity index (χ3n) is 4.81. The van der Waals surface area contributed by atoms with Gasteiger partial charge < -0.3 is 15.1 Å². The van der Waals surface area contributed by atoms with Gasteiger partial charge in [0, 0.05) is 0 Å². The number of nitrogens with zero attached hydrogens (tertiary/aromatic N) is 1. The lowest BCUT2D eigenvalue weighted by atomic mass is 10.1. The van der Waals surface area contributed by atoms with Crippen LogP contribution in [0.15, 0.2) is 71.3 Å². The average molecular weight is 456 g/mol. The van der Waals surface area contributed by atoms with E-state index in [0.29, 0.717) is 11.4 Å². The number of aryl methyl sites for hydroxylation is 1. The molecular weight excluding hydrogens is 430 g/mol. The number of amides is 2. The average Bonchev–Trinajstić information content (AvgIpc) is 3.26. The zero-order valence-electron chi connectivity index (χ0n) is 18.0. The van der Waals surface area contributed by atoms with Crippen LogP contribution in [0.1, 0.15) is 28.6 Å². The van der Waals surface area contributed by atoms with Gasteiger partial charge in [-0.15, -0.1) is 0 Å². The number of furan rings is 1. The molecule has 0 aliphatic carbocycles. The second kappa shape index (κ2) is 9.69. The van der Waals surface area contributed by atoms with Gasteiger partial charge in [-0.3, -0.25) is 13.9 Å². The highest BCUT2D eigenvalue weighted by Gasteiger charge is 2.29. The van der Waals surface area contributed by atoms with Crippen molar-refractivity contribution in [3.8, 4) is 0 Å². The van der Waals surface area contributed by atoms with Crippen LogP contribution in [0, 0.1) is 6.92 Å². The van der Waals surface area contributed by atoms with Gasteiger partial charge in [-0.2, -0.15) is 0 Å². The lowest BCUT2D eigenvalue weighted by Crippen LogP contribution is -2.45. The highest BCUT2D eigenvalue weighted by Crippen LogP contribution is 2.23. The Morgan fingerprint density at radius 3 is 2.34 bits per heavy atom. The highest BCUT2D eigenvalue weighted by molar-refractivity contribution is 7.92. The van der Waals surface area contributed by atoms with Crippen molar-refractivity contribution >= 4 is 33.2 Å². The Labute approximate surface area is 187 Å². The predicted octanol–water partition coefficient (Wildman–Crippen LogP) is 3.31. The van der Waals surface area contributed by atoms with Gasteiger partial charge in [-0.05, 0) is 50.2 Å². The second-order valence-corrected chi connectivity index (χ2v) is 9.23. The first-order valence-corrected chi connectivity index (χ1v) is 11.8. The fraction of sp³-hybridized carbons (Fsp3) is 0.217. The van der Waals surface area contributed by atoms with Crippen LogP contribution in [0.4, 0.5) is 11.4 Å². The van der Waals surface area contributed by atoms with Crippen molar-refractivity contribution in [3.05, 3.63) is 83.8 Å². The van der Waals surface area contributed by atoms with E-state index in [0.717, 1.165) is 16.1 Å². The van der Waals surface area contributed by atoms with Crippen LogP contribution in [0.25, 0.3) is 0 Å². The lowest BCUT2D eigenvalue weighted by molar-refractivity contribution is -0.116. The number of carbonyl (C=O) groups excluding carboxylic acids is 2. The summed E-state index contributed by atoms with van der Waals surface area (Å²) in [6.07, 6.45) is 2.56. The molecule has 0 fully saturated rings. The molecule has 0 bridgehead atoms. The standard InChI is InChI=1S/C23H25N3O5S/c1-16-10-12-18(13-11-16)26(32(3,29)30)17(2)22(27)25-21-9-5-4-8-20(21)23(28)24-15-19-7-6-14-31-19/h4-14,17H,15H2,1-3H3,(H,24,28)(H,25,27)/t17-/m0/s1. The fourth-order valence-corrected chi connectivity index (χ4v) is 4.38. The molecule has 3 rings (SSSR count). The molecule has 1 heterocycles. The number of carbonyl (C=O) groups is 2. The van der Waals surface area contributed by atoms with Crippen molar-refractivity contribution in [1.82, 2.24) is 5.32 Å². The molecule has 0 saturated heterocycles. The van der Waals surface area contributed by atoms with Gasteiger partial charge in [0.05, 0.1) is 36.0 Å². The molecule has 0 saturated carbocycles. The van der Waals surface area contributed by atoms with Crippen molar-refractivity contribution in [2.45, 2.75) is 26.4 Å². The monoisotopic (exact) mass is 455 g/mol. The Morgan fingerprint density at radius 2 is 1.72 bits per heavy atom. The zero-order chi connectivity index (χ0) is 23.3. The molecule has 168 valence electrons. The van der Waals surface area contributed by atoms with Crippen LogP contribution in [0.5, 0.6) is 0 Å². The third kappa shape index (κ3) is 5.55. The van der Waals surface area contributed by atoms with E-state index in [1.165, 1.54) is 13.2 Å². The molecule has 0 radical (unpaired) electrons. The summed E-state index contributed by atoms with van der Waals surface area (Å²) in [5.41, 5.74) is 1.87. The summed E-state index contributed by atoms with van der Waals surface area (Å²) >= 11 is 0. The predicted molar refractivity (Wildman–Crippen MR) is 123 cm³/mol. The first-order valence-electron chi connectivity index (χ1n) is 9.93. The topological polar surface area (TPSA) is 109 Å². The van der Waals surface area contributed by atoms with E-state index in [2.05, 4.69) is 10.6 Å². The minimum atomic E-state index is -3.74. The molecule has 0 spiro atoms. The molecule has 8 nitrogen and oxygen atoms in total. The molecule has 2 amide bonds. The second-order valence-electron chi connectivity index (χ2n) is 7.37. The molecular formula is C23H25N3O5S. The van der Waals surface area contributed by atoms with E-state index < -0.39 is 27.9 Å². The van der Waals surface area contributed by atoms with Crippen molar-refractivity contribution in [2.24, 2.45) is 0 Å². The van der Waals surface area contributed by atoms with Gasteiger partial charge in [0.1, 0.15) is 11.8 Å². The number of rotatable bonds is 8. The van der Waals surface area contributed by atoms with Crippen molar-refractivity contribution in [3.63, 3.8) is 0 Å². The largest absolute Gasteiger partial charge is 0.467 e. The summed E-state index contributed by atoms with van der Waals surface area (Å²) in [7, 11) is -3.74. The van der Waals surface area contributed by atoms with E-state index in [-0.39, 0.29) is 17.8 Å². The fourth-order valence-electron chi connectivity index (χ4n) is 3.20. The Bertz CT molecular complexity index is 1190. The maximum atomic E-state index is 13.0. The molecule has 32 heavy (non-hydrogen) atoms. The maximum Gasteiger partial charge on any atom is 0.253 e. The minimum Gasteiger partial charge on any atom is -0.467 e. The molecule has 1 aromatic heterocycles. The molecule has 0 aliphatic heterocycles. The first-order chi connectivity index (χ1) is 15.2. The summed E-state index contributed by atoms with van der Waals surface area (Å²) in [6, 6.07) is 15.8. The number of sulfonamides is 1. The van der Waals surface area contributed by atoms with Crippen LogP contribution >= 0.6 is 0 Å². The van der Waals surface area contributed by atoms with Crippen LogP contribution in [0.2, 0.25) is 0 Å². The quantitative estimate of drug-likeness (QED) is 0.542.